The molecule has 6 nitrogen and oxygen atoms in total. The molecular weight excluding hydrogens is 260 g/mol. The van der Waals surface area contributed by atoms with Crippen molar-refractivity contribution in [2.75, 3.05) is 13.1 Å². The van der Waals surface area contributed by atoms with E-state index in [1.54, 1.807) is 12.1 Å². The fraction of sp³-hybridized carbons (Fsp3) is 0.429. The number of benzene rings is 1. The Morgan fingerprint density at radius 1 is 1.35 bits per heavy atom. The number of aryl methyl sites for hydroxylation is 2. The minimum Gasteiger partial charge on any atom is -0.483 e. The molecule has 0 spiro atoms. The van der Waals surface area contributed by atoms with Crippen molar-refractivity contribution in [1.82, 2.24) is 5.32 Å². The van der Waals surface area contributed by atoms with Gasteiger partial charge in [-0.25, -0.2) is 0 Å². The van der Waals surface area contributed by atoms with Crippen molar-refractivity contribution in [2.45, 2.75) is 25.9 Å². The van der Waals surface area contributed by atoms with Crippen LogP contribution in [0, 0.1) is 13.8 Å². The fourth-order valence-electron chi connectivity index (χ4n) is 2.38. The van der Waals surface area contributed by atoms with E-state index in [4.69, 9.17) is 15.6 Å². The first-order chi connectivity index (χ1) is 9.33. The van der Waals surface area contributed by atoms with Crippen molar-refractivity contribution in [1.29, 1.82) is 0 Å². The lowest BCUT2D eigenvalue weighted by molar-refractivity contribution is -0.143. The molecule has 1 heterocycles. The zero-order valence-corrected chi connectivity index (χ0v) is 11.5. The zero-order chi connectivity index (χ0) is 14.9. The van der Waals surface area contributed by atoms with Crippen molar-refractivity contribution in [3.05, 3.63) is 28.8 Å². The largest absolute Gasteiger partial charge is 0.483 e. The number of ether oxygens (including phenoxy) is 1. The Labute approximate surface area is 116 Å². The molecule has 1 aliphatic heterocycles. The van der Waals surface area contributed by atoms with Gasteiger partial charge in [-0.15, -0.1) is 0 Å². The molecule has 0 aliphatic carbocycles. The molecule has 1 aromatic rings. The first-order valence-electron chi connectivity index (χ1n) is 6.35. The standard InChI is InChI=1S/C14H18N2O4/c1-8-3-10(13(15)19)4-9(2)12(8)20-14(5-11(17)18)6-16-7-14/h3-4,16H,5-7H2,1-2H3,(H2,15,19)(H,17,18). The predicted octanol–water partition coefficient (Wildman–Crippen LogP) is 0.598. The van der Waals surface area contributed by atoms with Crippen molar-refractivity contribution < 1.29 is 19.4 Å². The maximum atomic E-state index is 11.2. The first kappa shape index (κ1) is 14.3. The highest BCUT2D eigenvalue weighted by Gasteiger charge is 2.42. The van der Waals surface area contributed by atoms with Gasteiger partial charge in [0.1, 0.15) is 11.4 Å². The summed E-state index contributed by atoms with van der Waals surface area (Å²) in [6.07, 6.45) is -0.0591. The Balaban J connectivity index is 2.29. The third-order valence-corrected chi connectivity index (χ3v) is 3.43. The van der Waals surface area contributed by atoms with E-state index in [9.17, 15) is 9.59 Å². The molecule has 1 saturated heterocycles. The van der Waals surface area contributed by atoms with Crippen molar-refractivity contribution in [2.24, 2.45) is 5.73 Å². The number of carboxylic acid groups (broad SMARTS) is 1. The number of hydrogen-bond acceptors (Lipinski definition) is 4. The third kappa shape index (κ3) is 2.75. The van der Waals surface area contributed by atoms with Gasteiger partial charge >= 0.3 is 5.97 Å². The highest BCUT2D eigenvalue weighted by molar-refractivity contribution is 5.93. The zero-order valence-electron chi connectivity index (χ0n) is 11.5. The summed E-state index contributed by atoms with van der Waals surface area (Å²) in [6, 6.07) is 3.32. The molecule has 108 valence electrons. The van der Waals surface area contributed by atoms with Crippen LogP contribution in [0.3, 0.4) is 0 Å². The first-order valence-corrected chi connectivity index (χ1v) is 6.35. The van der Waals surface area contributed by atoms with Crippen LogP contribution >= 0.6 is 0 Å². The van der Waals surface area contributed by atoms with Crippen LogP contribution in [0.1, 0.15) is 27.9 Å². The number of aliphatic carboxylic acids is 1. The van der Waals surface area contributed by atoms with Crippen LogP contribution < -0.4 is 15.8 Å². The number of nitrogens with two attached hydrogens (primary N) is 1. The summed E-state index contributed by atoms with van der Waals surface area (Å²) in [6.45, 7) is 4.62. The van der Waals surface area contributed by atoms with Crippen molar-refractivity contribution in [3.63, 3.8) is 0 Å². The average Bonchev–Trinajstić information content (AvgIpc) is 2.29. The smallest absolute Gasteiger partial charge is 0.307 e. The van der Waals surface area contributed by atoms with Crippen molar-refractivity contribution >= 4 is 11.9 Å². The highest BCUT2D eigenvalue weighted by Crippen LogP contribution is 2.31. The van der Waals surface area contributed by atoms with Gasteiger partial charge in [-0.05, 0) is 37.1 Å². The molecule has 1 amide bonds. The van der Waals surface area contributed by atoms with Gasteiger partial charge in [-0.1, -0.05) is 0 Å². The summed E-state index contributed by atoms with van der Waals surface area (Å²) in [7, 11) is 0. The Morgan fingerprint density at radius 2 is 1.90 bits per heavy atom. The van der Waals surface area contributed by atoms with E-state index in [2.05, 4.69) is 5.32 Å². The number of hydrogen-bond donors (Lipinski definition) is 3. The van der Waals surface area contributed by atoms with E-state index in [-0.39, 0.29) is 6.42 Å². The van der Waals surface area contributed by atoms with Crippen LogP contribution in [0.5, 0.6) is 5.75 Å². The monoisotopic (exact) mass is 278 g/mol. The lowest BCUT2D eigenvalue weighted by Crippen LogP contribution is -2.64. The van der Waals surface area contributed by atoms with Gasteiger partial charge in [0, 0.05) is 18.7 Å². The summed E-state index contributed by atoms with van der Waals surface area (Å²) in [4.78, 5) is 22.2. The summed E-state index contributed by atoms with van der Waals surface area (Å²) < 4.78 is 5.95. The Kier molecular flexibility index (Phi) is 3.67. The molecule has 2 rings (SSSR count). The number of rotatable bonds is 5. The van der Waals surface area contributed by atoms with E-state index in [1.165, 1.54) is 0 Å². The van der Waals surface area contributed by atoms with Crippen LogP contribution in [0.25, 0.3) is 0 Å². The lowest BCUT2D eigenvalue weighted by atomic mass is 9.92. The number of nitrogens with one attached hydrogen (secondary N) is 1. The number of carboxylic acids is 1. The summed E-state index contributed by atoms with van der Waals surface area (Å²) >= 11 is 0. The van der Waals surface area contributed by atoms with Gasteiger partial charge in [-0.3, -0.25) is 9.59 Å². The molecule has 1 aromatic carbocycles. The van der Waals surface area contributed by atoms with Gasteiger partial charge in [0.15, 0.2) is 0 Å². The summed E-state index contributed by atoms with van der Waals surface area (Å²) in [5.74, 6) is -0.762. The van der Waals surface area contributed by atoms with E-state index in [0.29, 0.717) is 24.4 Å². The molecule has 20 heavy (non-hydrogen) atoms. The van der Waals surface area contributed by atoms with E-state index in [0.717, 1.165) is 11.1 Å². The predicted molar refractivity (Wildman–Crippen MR) is 72.9 cm³/mol. The van der Waals surface area contributed by atoms with Gasteiger partial charge in [-0.2, -0.15) is 0 Å². The lowest BCUT2D eigenvalue weighted by Gasteiger charge is -2.42. The van der Waals surface area contributed by atoms with E-state index >= 15 is 0 Å². The Hall–Kier alpha value is -2.08. The molecule has 0 radical (unpaired) electrons. The summed E-state index contributed by atoms with van der Waals surface area (Å²) in [5.41, 5.74) is 6.52. The quantitative estimate of drug-likeness (QED) is 0.732. The number of primary amides is 1. The molecule has 1 fully saturated rings. The van der Waals surface area contributed by atoms with E-state index in [1.807, 2.05) is 13.8 Å². The second kappa shape index (κ2) is 5.13. The van der Waals surface area contributed by atoms with E-state index < -0.39 is 17.5 Å². The second-order valence-electron chi connectivity index (χ2n) is 5.26. The van der Waals surface area contributed by atoms with Gasteiger partial charge in [0.2, 0.25) is 5.91 Å². The fourth-order valence-corrected chi connectivity index (χ4v) is 2.38. The molecule has 0 aromatic heterocycles. The molecular formula is C14H18N2O4. The topological polar surface area (TPSA) is 102 Å². The minimum absolute atomic E-state index is 0.0591. The normalized spacial score (nSPS) is 16.3. The van der Waals surface area contributed by atoms with Crippen LogP contribution in [0.4, 0.5) is 0 Å². The Bertz CT molecular complexity index is 541. The third-order valence-electron chi connectivity index (χ3n) is 3.43. The van der Waals surface area contributed by atoms with Gasteiger partial charge in [0.25, 0.3) is 0 Å². The van der Waals surface area contributed by atoms with Crippen LogP contribution in [-0.4, -0.2) is 35.7 Å². The van der Waals surface area contributed by atoms with Crippen LogP contribution in [0.2, 0.25) is 0 Å². The number of amides is 1. The minimum atomic E-state index is -0.893. The SMILES string of the molecule is Cc1cc(C(N)=O)cc(C)c1OC1(CC(=O)O)CNC1. The molecule has 0 atom stereocenters. The maximum Gasteiger partial charge on any atom is 0.307 e. The van der Waals surface area contributed by atoms with Gasteiger partial charge in [0.05, 0.1) is 6.42 Å². The van der Waals surface area contributed by atoms with Crippen molar-refractivity contribution in [3.8, 4) is 5.75 Å². The second-order valence-corrected chi connectivity index (χ2v) is 5.26. The number of carbonyl (C=O) groups is 2. The van der Waals surface area contributed by atoms with Crippen LogP contribution in [-0.2, 0) is 4.79 Å². The van der Waals surface area contributed by atoms with Gasteiger partial charge < -0.3 is 20.9 Å². The highest BCUT2D eigenvalue weighted by atomic mass is 16.5. The molecule has 0 saturated carbocycles. The molecule has 4 N–H and O–H groups in total. The van der Waals surface area contributed by atoms with Crippen LogP contribution in [0.15, 0.2) is 12.1 Å². The molecule has 0 unspecified atom stereocenters. The Morgan fingerprint density at radius 3 is 2.25 bits per heavy atom. The maximum absolute atomic E-state index is 11.2. The average molecular weight is 278 g/mol. The molecule has 6 heteroatoms. The number of carbonyl (C=O) groups excluding carboxylic acids is 1. The molecule has 0 bridgehead atoms. The molecule has 1 aliphatic rings. The summed E-state index contributed by atoms with van der Waals surface area (Å²) in [5, 5.41) is 12.0.